The molecule has 0 radical (unpaired) electrons. The highest BCUT2D eigenvalue weighted by atomic mass is 32.2. The minimum Gasteiger partial charge on any atom is -0.612 e. The van der Waals surface area contributed by atoms with Crippen molar-refractivity contribution in [2.24, 2.45) is 64.6 Å². The SMILES string of the molecule is CC1C2C3[C@@H]4CCC5C[C@@H](C)CCC5[C@H]4CC[C@]3(C)[C@@H](C(=O)Cn3cc([S+](C)[O-])cn3)[C@@H]12. The summed E-state index contributed by atoms with van der Waals surface area (Å²) in [5.41, 5.74) is 0.179. The van der Waals surface area contributed by atoms with Crippen molar-refractivity contribution < 1.29 is 9.35 Å². The quantitative estimate of drug-likeness (QED) is 0.585. The van der Waals surface area contributed by atoms with Gasteiger partial charge in [0.25, 0.3) is 0 Å². The molecule has 0 amide bonds. The second-order valence-corrected chi connectivity index (χ2v) is 14.0. The first kappa shape index (κ1) is 21.7. The van der Waals surface area contributed by atoms with E-state index in [9.17, 15) is 9.35 Å². The maximum atomic E-state index is 13.7. The lowest BCUT2D eigenvalue weighted by molar-refractivity contribution is -0.135. The molecule has 5 aliphatic rings. The van der Waals surface area contributed by atoms with Gasteiger partial charge >= 0.3 is 0 Å². The van der Waals surface area contributed by atoms with Crippen LogP contribution in [0.15, 0.2) is 17.3 Å². The van der Waals surface area contributed by atoms with E-state index in [1.165, 1.54) is 44.9 Å². The molecule has 5 aliphatic carbocycles. The lowest BCUT2D eigenvalue weighted by Gasteiger charge is -2.57. The van der Waals surface area contributed by atoms with Gasteiger partial charge in [0.1, 0.15) is 12.5 Å². The molecule has 176 valence electrons. The normalized spacial score (nSPS) is 50.0. The number of hydrogen-bond acceptors (Lipinski definition) is 3. The van der Waals surface area contributed by atoms with E-state index in [4.69, 9.17) is 0 Å². The van der Waals surface area contributed by atoms with E-state index in [-0.39, 0.29) is 11.3 Å². The van der Waals surface area contributed by atoms with Crippen LogP contribution >= 0.6 is 0 Å². The number of nitrogens with zero attached hydrogens (tertiary/aromatic N) is 2. The molecule has 1 aromatic rings. The summed E-state index contributed by atoms with van der Waals surface area (Å²) in [6.07, 6.45) is 14.9. The molecule has 6 rings (SSSR count). The largest absolute Gasteiger partial charge is 0.612 e. The molecule has 4 nitrogen and oxygen atoms in total. The maximum Gasteiger partial charge on any atom is 0.190 e. The summed E-state index contributed by atoms with van der Waals surface area (Å²) in [6.45, 7) is 7.71. The van der Waals surface area contributed by atoms with Gasteiger partial charge in [-0.3, -0.25) is 9.48 Å². The summed E-state index contributed by atoms with van der Waals surface area (Å²) in [4.78, 5) is 14.4. The lowest BCUT2D eigenvalue weighted by Crippen LogP contribution is -2.51. The van der Waals surface area contributed by atoms with Crippen molar-refractivity contribution in [2.75, 3.05) is 6.26 Å². The smallest absolute Gasteiger partial charge is 0.190 e. The Kier molecular flexibility index (Phi) is 5.15. The molecule has 1 heterocycles. The summed E-state index contributed by atoms with van der Waals surface area (Å²) >= 11 is -1.05. The van der Waals surface area contributed by atoms with Crippen molar-refractivity contribution in [1.29, 1.82) is 0 Å². The zero-order chi connectivity index (χ0) is 22.4. The minimum atomic E-state index is -1.05. The lowest BCUT2D eigenvalue weighted by atomic mass is 9.47. The Bertz CT molecular complexity index is 898. The first-order chi connectivity index (χ1) is 15.3. The number of ketones is 1. The molecule has 0 spiro atoms. The fourth-order valence-electron chi connectivity index (χ4n) is 9.93. The van der Waals surface area contributed by atoms with E-state index in [2.05, 4.69) is 25.9 Å². The van der Waals surface area contributed by atoms with Crippen LogP contribution in [0.4, 0.5) is 0 Å². The second kappa shape index (κ2) is 7.60. The van der Waals surface area contributed by atoms with Gasteiger partial charge in [0.15, 0.2) is 10.7 Å². The number of fused-ring (bicyclic) bond motifs is 7. The van der Waals surface area contributed by atoms with E-state index in [0.717, 1.165) is 41.4 Å². The Morgan fingerprint density at radius 2 is 1.94 bits per heavy atom. The van der Waals surface area contributed by atoms with Crippen molar-refractivity contribution in [1.82, 2.24) is 9.78 Å². The van der Waals surface area contributed by atoms with E-state index >= 15 is 0 Å². The molecule has 6 unspecified atom stereocenters. The fraction of sp³-hybridized carbons (Fsp3) is 0.852. The number of rotatable bonds is 4. The molecule has 0 bridgehead atoms. The van der Waals surface area contributed by atoms with Crippen LogP contribution in [-0.4, -0.2) is 26.4 Å². The molecule has 1 aromatic heterocycles. The van der Waals surface area contributed by atoms with Crippen molar-refractivity contribution >= 4 is 17.0 Å². The molecular formula is C27H40N2O2S. The first-order valence-electron chi connectivity index (χ1n) is 13.2. The number of hydrogen-bond donors (Lipinski definition) is 0. The van der Waals surface area contributed by atoms with Crippen molar-refractivity contribution in [3.05, 3.63) is 12.4 Å². The van der Waals surface area contributed by atoms with Gasteiger partial charge in [0, 0.05) is 5.92 Å². The highest BCUT2D eigenvalue weighted by Crippen LogP contribution is 2.76. The zero-order valence-corrected chi connectivity index (χ0v) is 21.0. The predicted molar refractivity (Wildman–Crippen MR) is 126 cm³/mol. The number of carbonyl (C=O) groups is 1. The monoisotopic (exact) mass is 456 g/mol. The Labute approximate surface area is 196 Å². The van der Waals surface area contributed by atoms with E-state index in [0.29, 0.717) is 29.1 Å². The van der Waals surface area contributed by atoms with Crippen LogP contribution in [0.3, 0.4) is 0 Å². The van der Waals surface area contributed by atoms with Gasteiger partial charge in [-0.2, -0.15) is 5.10 Å². The van der Waals surface area contributed by atoms with Crippen LogP contribution in [0.5, 0.6) is 0 Å². The Morgan fingerprint density at radius 1 is 1.16 bits per heavy atom. The van der Waals surface area contributed by atoms with Gasteiger partial charge < -0.3 is 4.55 Å². The van der Waals surface area contributed by atoms with E-state index in [1.807, 2.05) is 0 Å². The molecule has 0 N–H and O–H groups in total. The van der Waals surface area contributed by atoms with Gasteiger partial charge in [0.2, 0.25) is 0 Å². The van der Waals surface area contributed by atoms with Crippen LogP contribution < -0.4 is 0 Å². The second-order valence-electron chi connectivity index (χ2n) is 12.6. The molecule has 0 saturated heterocycles. The van der Waals surface area contributed by atoms with Crippen molar-refractivity contribution in [3.8, 4) is 0 Å². The molecule has 5 fully saturated rings. The first-order valence-corrected chi connectivity index (χ1v) is 14.7. The van der Waals surface area contributed by atoms with Gasteiger partial charge in [-0.1, -0.05) is 27.2 Å². The summed E-state index contributed by atoms with van der Waals surface area (Å²) < 4.78 is 13.5. The third kappa shape index (κ3) is 3.12. The standard InChI is InChI=1S/C27H40N2O2S/c1-15-5-7-19-17(11-15)6-8-21-20(19)9-10-27(3)25(21)23-16(2)24(23)26(27)22(30)14-29-13-18(12-28-29)32(4)31/h12-13,15-17,19-21,23-26H,5-11,14H2,1-4H3/t15-,16?,17?,19?,20+,21+,23?,24-,25?,26-,27-,32?/m0/s1. The van der Waals surface area contributed by atoms with Crippen molar-refractivity contribution in [3.63, 3.8) is 0 Å². The van der Waals surface area contributed by atoms with Gasteiger partial charge in [-0.15, -0.1) is 0 Å². The van der Waals surface area contributed by atoms with Crippen LogP contribution in [0.1, 0.15) is 65.7 Å². The fourth-order valence-corrected chi connectivity index (χ4v) is 10.4. The average molecular weight is 457 g/mol. The number of carbonyl (C=O) groups excluding carboxylic acids is 1. The average Bonchev–Trinajstić information content (AvgIpc) is 3.10. The molecule has 5 saturated carbocycles. The number of Topliss-reactive ketones (excluding diaryl/α,β-unsaturated/α-hetero) is 1. The maximum absolute atomic E-state index is 13.7. The Balaban J connectivity index is 1.24. The summed E-state index contributed by atoms with van der Waals surface area (Å²) in [5, 5.41) is 4.35. The van der Waals surface area contributed by atoms with Crippen LogP contribution in [0.25, 0.3) is 0 Å². The Morgan fingerprint density at radius 3 is 2.69 bits per heavy atom. The summed E-state index contributed by atoms with van der Waals surface area (Å²) in [5.74, 6) is 8.06. The molecule has 0 aliphatic heterocycles. The highest BCUT2D eigenvalue weighted by molar-refractivity contribution is 7.90. The van der Waals surface area contributed by atoms with Gasteiger partial charge in [-0.05, 0) is 108 Å². The molecule has 32 heavy (non-hydrogen) atoms. The van der Waals surface area contributed by atoms with E-state index in [1.54, 1.807) is 23.3 Å². The van der Waals surface area contributed by atoms with Crippen LogP contribution in [0.2, 0.25) is 0 Å². The molecule has 0 aromatic carbocycles. The van der Waals surface area contributed by atoms with Crippen LogP contribution in [-0.2, 0) is 22.5 Å². The zero-order valence-electron chi connectivity index (χ0n) is 20.2. The van der Waals surface area contributed by atoms with Gasteiger partial charge in [-0.25, -0.2) is 0 Å². The molecule has 5 heteroatoms. The number of aromatic nitrogens is 2. The minimum absolute atomic E-state index is 0.179. The third-order valence-electron chi connectivity index (χ3n) is 11.1. The third-order valence-corrected chi connectivity index (χ3v) is 12.0. The van der Waals surface area contributed by atoms with E-state index < -0.39 is 11.2 Å². The highest BCUT2D eigenvalue weighted by Gasteiger charge is 2.73. The molecular weight excluding hydrogens is 416 g/mol. The van der Waals surface area contributed by atoms with Crippen molar-refractivity contribution in [2.45, 2.75) is 77.2 Å². The molecule has 12 atom stereocenters. The van der Waals surface area contributed by atoms with Crippen LogP contribution in [0, 0.1) is 64.6 Å². The summed E-state index contributed by atoms with van der Waals surface area (Å²) in [6, 6.07) is 0. The summed E-state index contributed by atoms with van der Waals surface area (Å²) in [7, 11) is 0. The predicted octanol–water partition coefficient (Wildman–Crippen LogP) is 5.20. The van der Waals surface area contributed by atoms with Gasteiger partial charge in [0.05, 0.1) is 12.7 Å². The Hall–Kier alpha value is -0.810. The topological polar surface area (TPSA) is 58.0 Å².